The third-order valence-corrected chi connectivity index (χ3v) is 5.03. The Hall–Kier alpha value is -2.64. The number of nitrogens with zero attached hydrogens (tertiary/aromatic N) is 4. The smallest absolute Gasteiger partial charge is 0.253 e. The first-order chi connectivity index (χ1) is 11.8. The zero-order valence-corrected chi connectivity index (χ0v) is 15.0. The lowest BCUT2D eigenvalue weighted by Crippen LogP contribution is -2.52. The Bertz CT molecular complexity index is 883. The fraction of sp³-hybridized carbons (Fsp3) is 0.529. The van der Waals surface area contributed by atoms with E-state index < -0.39 is 10.9 Å². The van der Waals surface area contributed by atoms with Gasteiger partial charge in [-0.15, -0.1) is 0 Å². The molecule has 1 aromatic carbocycles. The summed E-state index contributed by atoms with van der Waals surface area (Å²) in [5, 5.41) is 7.49. The van der Waals surface area contributed by atoms with Crippen molar-refractivity contribution in [2.24, 2.45) is 7.05 Å². The van der Waals surface area contributed by atoms with Gasteiger partial charge < -0.3 is 15.1 Å². The molecule has 1 aromatic heterocycles. The quantitative estimate of drug-likeness (QED) is 0.780. The predicted molar refractivity (Wildman–Crippen MR) is 95.8 cm³/mol. The molecular formula is C17H23N5O3. The van der Waals surface area contributed by atoms with Gasteiger partial charge in [-0.3, -0.25) is 19.1 Å². The highest BCUT2D eigenvalue weighted by Crippen LogP contribution is 2.23. The number of aromatic nitrogens is 2. The highest BCUT2D eigenvalue weighted by Gasteiger charge is 2.29. The molecule has 0 saturated carbocycles. The number of hydrogen-bond acceptors (Lipinski definition) is 6. The molecule has 2 heterocycles. The zero-order valence-electron chi connectivity index (χ0n) is 15.0. The SMILES string of the molecule is CC(=O)N1CCN(c2c(NCc3c(C)nn(C)c3C)c(=O)c2=O)CC1. The number of rotatable bonds is 4. The van der Waals surface area contributed by atoms with Gasteiger partial charge in [-0.2, -0.15) is 5.10 Å². The van der Waals surface area contributed by atoms with Crippen LogP contribution in [0.4, 0.5) is 11.4 Å². The molecule has 1 N–H and O–H groups in total. The van der Waals surface area contributed by atoms with Gasteiger partial charge in [0.2, 0.25) is 5.91 Å². The van der Waals surface area contributed by atoms with Gasteiger partial charge in [-0.05, 0) is 13.8 Å². The first-order valence-corrected chi connectivity index (χ1v) is 8.38. The van der Waals surface area contributed by atoms with Crippen molar-refractivity contribution in [2.75, 3.05) is 36.4 Å². The van der Waals surface area contributed by atoms with Gasteiger partial charge in [-0.25, -0.2) is 0 Å². The summed E-state index contributed by atoms with van der Waals surface area (Å²) in [6.45, 7) is 8.14. The predicted octanol–water partition coefficient (Wildman–Crippen LogP) is -0.0865. The van der Waals surface area contributed by atoms with E-state index in [1.807, 2.05) is 25.8 Å². The number of anilines is 2. The van der Waals surface area contributed by atoms with Crippen molar-refractivity contribution in [3.63, 3.8) is 0 Å². The molecule has 1 amide bonds. The van der Waals surface area contributed by atoms with Gasteiger partial charge in [0.05, 0.1) is 5.69 Å². The van der Waals surface area contributed by atoms with E-state index in [4.69, 9.17) is 0 Å². The number of piperazine rings is 1. The van der Waals surface area contributed by atoms with E-state index in [2.05, 4.69) is 10.4 Å². The van der Waals surface area contributed by atoms with Crippen LogP contribution in [-0.2, 0) is 18.4 Å². The van der Waals surface area contributed by atoms with Crippen LogP contribution in [0.1, 0.15) is 23.9 Å². The fourth-order valence-electron chi connectivity index (χ4n) is 3.34. The molecule has 0 spiro atoms. The Labute approximate surface area is 145 Å². The maximum Gasteiger partial charge on any atom is 0.253 e. The average Bonchev–Trinajstić information content (AvgIpc) is 2.83. The largest absolute Gasteiger partial charge is 0.376 e. The Balaban J connectivity index is 1.74. The molecule has 8 nitrogen and oxygen atoms in total. The van der Waals surface area contributed by atoms with E-state index in [0.29, 0.717) is 44.1 Å². The van der Waals surface area contributed by atoms with E-state index in [0.717, 1.165) is 17.0 Å². The van der Waals surface area contributed by atoms with Crippen molar-refractivity contribution in [3.05, 3.63) is 37.4 Å². The molecular weight excluding hydrogens is 322 g/mol. The minimum Gasteiger partial charge on any atom is -0.376 e. The lowest BCUT2D eigenvalue weighted by Gasteiger charge is -2.36. The van der Waals surface area contributed by atoms with Crippen molar-refractivity contribution in [1.29, 1.82) is 0 Å². The van der Waals surface area contributed by atoms with Crippen molar-refractivity contribution < 1.29 is 4.79 Å². The summed E-state index contributed by atoms with van der Waals surface area (Å²) in [7, 11) is 1.88. The summed E-state index contributed by atoms with van der Waals surface area (Å²) < 4.78 is 1.80. The number of carbonyl (C=O) groups excluding carboxylic acids is 1. The average molecular weight is 345 g/mol. The van der Waals surface area contributed by atoms with Gasteiger partial charge in [0.15, 0.2) is 0 Å². The van der Waals surface area contributed by atoms with Crippen molar-refractivity contribution >= 4 is 17.3 Å². The molecule has 2 aromatic rings. The zero-order chi connectivity index (χ0) is 18.3. The van der Waals surface area contributed by atoms with Crippen LogP contribution in [0.15, 0.2) is 9.59 Å². The number of amides is 1. The van der Waals surface area contributed by atoms with Gasteiger partial charge in [-0.1, -0.05) is 0 Å². The van der Waals surface area contributed by atoms with Gasteiger partial charge in [0, 0.05) is 58.0 Å². The Morgan fingerprint density at radius 1 is 1.12 bits per heavy atom. The standard InChI is InChI=1S/C17H23N5O3/c1-10-13(11(2)20(4)19-10)9-18-14-15(17(25)16(14)24)22-7-5-21(6-8-22)12(3)23/h18H,5-9H2,1-4H3. The minimum absolute atomic E-state index is 0.0329. The summed E-state index contributed by atoms with van der Waals surface area (Å²) in [5.41, 5.74) is 2.88. The fourth-order valence-corrected chi connectivity index (χ4v) is 3.34. The van der Waals surface area contributed by atoms with E-state index in [1.54, 1.807) is 16.5 Å². The van der Waals surface area contributed by atoms with Crippen molar-refractivity contribution in [2.45, 2.75) is 27.3 Å². The summed E-state index contributed by atoms with van der Waals surface area (Å²) in [4.78, 5) is 39.1. The number of hydrogen-bond donors (Lipinski definition) is 1. The normalized spacial score (nSPS) is 15.0. The van der Waals surface area contributed by atoms with E-state index in [1.165, 1.54) is 0 Å². The van der Waals surface area contributed by atoms with Crippen LogP contribution >= 0.6 is 0 Å². The molecule has 0 atom stereocenters. The molecule has 3 rings (SSSR count). The van der Waals surface area contributed by atoms with E-state index in [-0.39, 0.29) is 5.91 Å². The Kier molecular flexibility index (Phi) is 4.36. The maximum atomic E-state index is 12.0. The number of aryl methyl sites for hydroxylation is 2. The topological polar surface area (TPSA) is 87.5 Å². The highest BCUT2D eigenvalue weighted by atomic mass is 16.2. The molecule has 0 unspecified atom stereocenters. The van der Waals surface area contributed by atoms with Crippen LogP contribution in [0, 0.1) is 13.8 Å². The van der Waals surface area contributed by atoms with Crippen LogP contribution in [0.2, 0.25) is 0 Å². The highest BCUT2D eigenvalue weighted by molar-refractivity contribution is 5.77. The molecule has 8 heteroatoms. The van der Waals surface area contributed by atoms with Crippen LogP contribution in [-0.4, -0.2) is 46.8 Å². The molecule has 1 aliphatic heterocycles. The summed E-state index contributed by atoms with van der Waals surface area (Å²) in [5.74, 6) is 0.0329. The molecule has 1 fully saturated rings. The van der Waals surface area contributed by atoms with Crippen LogP contribution in [0.5, 0.6) is 0 Å². The molecule has 0 radical (unpaired) electrons. The third-order valence-electron chi connectivity index (χ3n) is 5.03. The van der Waals surface area contributed by atoms with E-state index >= 15 is 0 Å². The molecule has 134 valence electrons. The molecule has 1 aliphatic rings. The maximum absolute atomic E-state index is 12.0. The molecule has 1 saturated heterocycles. The third kappa shape index (κ3) is 2.92. The van der Waals surface area contributed by atoms with Crippen molar-refractivity contribution in [3.8, 4) is 0 Å². The molecule has 0 aliphatic carbocycles. The minimum atomic E-state index is -0.469. The Morgan fingerprint density at radius 3 is 2.28 bits per heavy atom. The summed E-state index contributed by atoms with van der Waals surface area (Å²) in [6, 6.07) is 0. The molecule has 25 heavy (non-hydrogen) atoms. The van der Waals surface area contributed by atoms with Gasteiger partial charge in [0.25, 0.3) is 10.9 Å². The lowest BCUT2D eigenvalue weighted by molar-refractivity contribution is -0.129. The second-order valence-electron chi connectivity index (χ2n) is 6.50. The second-order valence-corrected chi connectivity index (χ2v) is 6.50. The van der Waals surface area contributed by atoms with Gasteiger partial charge in [0.1, 0.15) is 11.4 Å². The van der Waals surface area contributed by atoms with Crippen LogP contribution in [0.3, 0.4) is 0 Å². The second kappa shape index (κ2) is 6.34. The first-order valence-electron chi connectivity index (χ1n) is 8.38. The lowest BCUT2D eigenvalue weighted by atomic mass is 10.1. The molecule has 0 bridgehead atoms. The monoisotopic (exact) mass is 345 g/mol. The van der Waals surface area contributed by atoms with Gasteiger partial charge >= 0.3 is 0 Å². The Morgan fingerprint density at radius 2 is 1.76 bits per heavy atom. The summed E-state index contributed by atoms with van der Waals surface area (Å²) in [6.07, 6.45) is 0. The first kappa shape index (κ1) is 17.2. The van der Waals surface area contributed by atoms with Crippen LogP contribution < -0.4 is 21.1 Å². The number of carbonyl (C=O) groups is 1. The van der Waals surface area contributed by atoms with Crippen molar-refractivity contribution in [1.82, 2.24) is 14.7 Å². The number of nitrogens with one attached hydrogen (secondary N) is 1. The van der Waals surface area contributed by atoms with Crippen LogP contribution in [0.25, 0.3) is 0 Å². The summed E-state index contributed by atoms with van der Waals surface area (Å²) >= 11 is 0. The van der Waals surface area contributed by atoms with E-state index in [9.17, 15) is 14.4 Å².